The molecule has 5 rings (SSSR count). The normalized spacial score (nSPS) is 19.5. The van der Waals surface area contributed by atoms with Crippen LogP contribution in [0.5, 0.6) is 23.0 Å². The monoisotopic (exact) mass is 439 g/mol. The molecule has 0 radical (unpaired) electrons. The standard InChI is InChI=1S/C23H25N3O6/c27-22(24-12-16-5-6-18-20(11-16)31-15-30-18)13-25-7-9-26(10-8-25)23(28)21-14-29-17-3-1-2-4-19(17)32-21/h1-6,11,21H,7-10,12-15H2,(H,24,27)/t21-/m0/s1. The van der Waals surface area contributed by atoms with Gasteiger partial charge in [0.1, 0.15) is 6.61 Å². The van der Waals surface area contributed by atoms with Gasteiger partial charge in [-0.2, -0.15) is 0 Å². The number of piperazine rings is 1. The quantitative estimate of drug-likeness (QED) is 0.744. The Kier molecular flexibility index (Phi) is 5.72. The van der Waals surface area contributed by atoms with Crippen LogP contribution in [0.15, 0.2) is 42.5 Å². The van der Waals surface area contributed by atoms with Crippen molar-refractivity contribution in [3.63, 3.8) is 0 Å². The number of nitrogens with one attached hydrogen (secondary N) is 1. The first kappa shape index (κ1) is 20.4. The maximum absolute atomic E-state index is 12.8. The van der Waals surface area contributed by atoms with E-state index in [4.69, 9.17) is 18.9 Å². The van der Waals surface area contributed by atoms with Crippen LogP contribution in [0.25, 0.3) is 0 Å². The van der Waals surface area contributed by atoms with Gasteiger partial charge in [0.05, 0.1) is 6.54 Å². The number of fused-ring (bicyclic) bond motifs is 2. The highest BCUT2D eigenvalue weighted by Gasteiger charge is 2.32. The van der Waals surface area contributed by atoms with Crippen LogP contribution in [0.3, 0.4) is 0 Å². The van der Waals surface area contributed by atoms with Crippen LogP contribution in [0.1, 0.15) is 5.56 Å². The van der Waals surface area contributed by atoms with E-state index in [-0.39, 0.29) is 25.2 Å². The lowest BCUT2D eigenvalue weighted by atomic mass is 10.2. The van der Waals surface area contributed by atoms with E-state index < -0.39 is 6.10 Å². The van der Waals surface area contributed by atoms with Gasteiger partial charge in [-0.15, -0.1) is 0 Å². The van der Waals surface area contributed by atoms with Crippen molar-refractivity contribution in [1.82, 2.24) is 15.1 Å². The van der Waals surface area contributed by atoms with Crippen molar-refractivity contribution in [3.8, 4) is 23.0 Å². The minimum atomic E-state index is -0.638. The highest BCUT2D eigenvalue weighted by Crippen LogP contribution is 2.33. The van der Waals surface area contributed by atoms with Gasteiger partial charge in [-0.05, 0) is 29.8 Å². The highest BCUT2D eigenvalue weighted by molar-refractivity contribution is 5.82. The molecule has 9 nitrogen and oxygen atoms in total. The smallest absolute Gasteiger partial charge is 0.267 e. The summed E-state index contributed by atoms with van der Waals surface area (Å²) in [6, 6.07) is 13.0. The molecular weight excluding hydrogens is 414 g/mol. The summed E-state index contributed by atoms with van der Waals surface area (Å²) in [5.41, 5.74) is 0.953. The van der Waals surface area contributed by atoms with E-state index in [9.17, 15) is 9.59 Å². The number of rotatable bonds is 5. The van der Waals surface area contributed by atoms with Crippen molar-refractivity contribution in [3.05, 3.63) is 48.0 Å². The van der Waals surface area contributed by atoms with Gasteiger partial charge in [-0.3, -0.25) is 14.5 Å². The van der Waals surface area contributed by atoms with Gasteiger partial charge in [0.2, 0.25) is 18.8 Å². The number of ether oxygens (including phenoxy) is 4. The highest BCUT2D eigenvalue weighted by atomic mass is 16.7. The van der Waals surface area contributed by atoms with E-state index in [0.29, 0.717) is 56.5 Å². The second kappa shape index (κ2) is 8.96. The molecule has 168 valence electrons. The second-order valence-corrected chi connectivity index (χ2v) is 7.93. The van der Waals surface area contributed by atoms with Gasteiger partial charge in [0.25, 0.3) is 5.91 Å². The van der Waals surface area contributed by atoms with E-state index in [0.717, 1.165) is 11.3 Å². The second-order valence-electron chi connectivity index (χ2n) is 7.93. The van der Waals surface area contributed by atoms with E-state index in [1.165, 1.54) is 0 Å². The fourth-order valence-corrected chi connectivity index (χ4v) is 3.98. The van der Waals surface area contributed by atoms with Crippen LogP contribution in [-0.2, 0) is 16.1 Å². The summed E-state index contributed by atoms with van der Waals surface area (Å²) >= 11 is 0. The van der Waals surface area contributed by atoms with Gasteiger partial charge in [0, 0.05) is 32.7 Å². The lowest BCUT2D eigenvalue weighted by Crippen LogP contribution is -2.55. The van der Waals surface area contributed by atoms with Crippen molar-refractivity contribution in [2.24, 2.45) is 0 Å². The number of hydrogen-bond donors (Lipinski definition) is 1. The van der Waals surface area contributed by atoms with Gasteiger partial charge < -0.3 is 29.2 Å². The van der Waals surface area contributed by atoms with E-state index >= 15 is 0 Å². The molecule has 2 aromatic carbocycles. The molecule has 1 saturated heterocycles. The fraction of sp³-hybridized carbons (Fsp3) is 0.391. The maximum atomic E-state index is 12.8. The summed E-state index contributed by atoms with van der Waals surface area (Å²) in [5, 5.41) is 2.94. The Morgan fingerprint density at radius 2 is 1.66 bits per heavy atom. The van der Waals surface area contributed by atoms with Crippen LogP contribution < -0.4 is 24.3 Å². The van der Waals surface area contributed by atoms with E-state index in [2.05, 4.69) is 5.32 Å². The first-order valence-electron chi connectivity index (χ1n) is 10.7. The Hall–Kier alpha value is -3.46. The Labute approximate surface area is 185 Å². The Bertz CT molecular complexity index is 1000. The SMILES string of the molecule is O=C(CN1CCN(C(=O)[C@@H]2COc3ccccc3O2)CC1)NCc1ccc2c(c1)OCO2. The molecule has 1 atom stereocenters. The molecule has 0 bridgehead atoms. The largest absolute Gasteiger partial charge is 0.485 e. The minimum Gasteiger partial charge on any atom is -0.485 e. The summed E-state index contributed by atoms with van der Waals surface area (Å²) in [4.78, 5) is 29.0. The molecule has 3 heterocycles. The summed E-state index contributed by atoms with van der Waals surface area (Å²) < 4.78 is 22.2. The van der Waals surface area contributed by atoms with Gasteiger partial charge >= 0.3 is 0 Å². The zero-order valence-corrected chi connectivity index (χ0v) is 17.6. The zero-order valence-electron chi connectivity index (χ0n) is 17.6. The average Bonchev–Trinajstić information content (AvgIpc) is 3.30. The number of nitrogens with zero attached hydrogens (tertiary/aromatic N) is 2. The third-order valence-electron chi connectivity index (χ3n) is 5.76. The Morgan fingerprint density at radius 1 is 0.906 bits per heavy atom. The van der Waals surface area contributed by atoms with Crippen LogP contribution in [0, 0.1) is 0 Å². The number of carbonyl (C=O) groups is 2. The molecule has 3 aliphatic heterocycles. The van der Waals surface area contributed by atoms with Crippen LogP contribution in [0.4, 0.5) is 0 Å². The third-order valence-corrected chi connectivity index (χ3v) is 5.76. The van der Waals surface area contributed by atoms with Gasteiger partial charge in [-0.1, -0.05) is 18.2 Å². The van der Waals surface area contributed by atoms with Gasteiger partial charge in [0.15, 0.2) is 23.0 Å². The molecule has 1 fully saturated rings. The number of carbonyl (C=O) groups excluding carboxylic acids is 2. The molecule has 0 aliphatic carbocycles. The molecule has 0 unspecified atom stereocenters. The predicted molar refractivity (Wildman–Crippen MR) is 114 cm³/mol. The summed E-state index contributed by atoms with van der Waals surface area (Å²) in [6.07, 6.45) is -0.638. The summed E-state index contributed by atoms with van der Waals surface area (Å²) in [5.74, 6) is 2.55. The minimum absolute atomic E-state index is 0.0527. The molecular formula is C23H25N3O6. The molecule has 2 aromatic rings. The average molecular weight is 439 g/mol. The van der Waals surface area contributed by atoms with Crippen LogP contribution in [0.2, 0.25) is 0 Å². The Balaban J connectivity index is 1.06. The Morgan fingerprint density at radius 3 is 2.50 bits per heavy atom. The molecule has 9 heteroatoms. The molecule has 0 aromatic heterocycles. The molecule has 3 aliphatic rings. The maximum Gasteiger partial charge on any atom is 0.267 e. The van der Waals surface area contributed by atoms with Crippen molar-refractivity contribution >= 4 is 11.8 Å². The van der Waals surface area contributed by atoms with Crippen molar-refractivity contribution < 1.29 is 28.5 Å². The van der Waals surface area contributed by atoms with Crippen molar-refractivity contribution in [2.45, 2.75) is 12.6 Å². The first-order valence-corrected chi connectivity index (χ1v) is 10.7. The van der Waals surface area contributed by atoms with Crippen molar-refractivity contribution in [1.29, 1.82) is 0 Å². The van der Waals surface area contributed by atoms with Gasteiger partial charge in [-0.25, -0.2) is 0 Å². The summed E-state index contributed by atoms with van der Waals surface area (Å²) in [6.45, 7) is 3.52. The number of para-hydroxylation sites is 2. The molecule has 32 heavy (non-hydrogen) atoms. The zero-order chi connectivity index (χ0) is 21.9. The van der Waals surface area contributed by atoms with Crippen LogP contribution >= 0.6 is 0 Å². The fourth-order valence-electron chi connectivity index (χ4n) is 3.98. The van der Waals surface area contributed by atoms with Crippen LogP contribution in [-0.4, -0.2) is 73.8 Å². The lowest BCUT2D eigenvalue weighted by molar-refractivity contribution is -0.143. The number of benzene rings is 2. The number of amides is 2. The molecule has 1 N–H and O–H groups in total. The third kappa shape index (κ3) is 4.43. The summed E-state index contributed by atoms with van der Waals surface area (Å²) in [7, 11) is 0. The molecule has 0 saturated carbocycles. The first-order chi connectivity index (χ1) is 15.7. The topological polar surface area (TPSA) is 89.6 Å². The molecule has 2 amide bonds. The molecule has 0 spiro atoms. The van der Waals surface area contributed by atoms with Crippen molar-refractivity contribution in [2.75, 3.05) is 46.1 Å². The van der Waals surface area contributed by atoms with E-state index in [1.54, 1.807) is 11.0 Å². The lowest BCUT2D eigenvalue weighted by Gasteiger charge is -2.36. The predicted octanol–water partition coefficient (Wildman–Crippen LogP) is 1.02. The van der Waals surface area contributed by atoms with E-state index in [1.807, 2.05) is 41.3 Å². The number of hydrogen-bond acceptors (Lipinski definition) is 7.